The second-order valence-corrected chi connectivity index (χ2v) is 4.13. The molecular formula is C11H13NO. The van der Waals surface area contributed by atoms with Gasteiger partial charge in [-0.15, -0.1) is 0 Å². The Morgan fingerprint density at radius 3 is 2.69 bits per heavy atom. The van der Waals surface area contributed by atoms with Crippen LogP contribution in [0.25, 0.3) is 0 Å². The van der Waals surface area contributed by atoms with Gasteiger partial charge < -0.3 is 5.32 Å². The predicted octanol–water partition coefficient (Wildman–Crippen LogP) is 2.38. The normalized spacial score (nSPS) is 18.2. The largest absolute Gasteiger partial charge is 0.372 e. The molecule has 1 aliphatic heterocycles. The van der Waals surface area contributed by atoms with Crippen molar-refractivity contribution in [1.82, 2.24) is 0 Å². The molecule has 1 heterocycles. The predicted molar refractivity (Wildman–Crippen MR) is 53.2 cm³/mol. The van der Waals surface area contributed by atoms with Gasteiger partial charge in [-0.3, -0.25) is 4.79 Å². The van der Waals surface area contributed by atoms with Crippen molar-refractivity contribution in [2.45, 2.75) is 26.3 Å². The molecule has 68 valence electrons. The zero-order valence-corrected chi connectivity index (χ0v) is 8.14. The molecule has 0 fully saturated rings. The Morgan fingerprint density at radius 1 is 1.31 bits per heavy atom. The van der Waals surface area contributed by atoms with Gasteiger partial charge in [0.25, 0.3) is 0 Å². The van der Waals surface area contributed by atoms with Gasteiger partial charge in [0.05, 0.1) is 5.54 Å². The lowest BCUT2D eigenvalue weighted by Gasteiger charge is -2.15. The van der Waals surface area contributed by atoms with Crippen molar-refractivity contribution in [3.05, 3.63) is 29.3 Å². The highest BCUT2D eigenvalue weighted by Gasteiger charge is 2.36. The van der Waals surface area contributed by atoms with Crippen LogP contribution in [0, 0.1) is 6.92 Å². The monoisotopic (exact) mass is 175 g/mol. The number of ketones is 1. The number of rotatable bonds is 0. The lowest BCUT2D eigenvalue weighted by Crippen LogP contribution is -2.33. The first-order valence-corrected chi connectivity index (χ1v) is 4.44. The smallest absolute Gasteiger partial charge is 0.189 e. The Balaban J connectivity index is 2.57. The fourth-order valence-electron chi connectivity index (χ4n) is 1.69. The van der Waals surface area contributed by atoms with E-state index >= 15 is 0 Å². The molecule has 1 aromatic rings. The highest BCUT2D eigenvalue weighted by atomic mass is 16.1. The summed E-state index contributed by atoms with van der Waals surface area (Å²) in [7, 11) is 0. The SMILES string of the molecule is Cc1ccc2c(c1)C(=O)C(C)(C)N2. The van der Waals surface area contributed by atoms with E-state index < -0.39 is 5.54 Å². The molecular weight excluding hydrogens is 162 g/mol. The second kappa shape index (κ2) is 2.34. The summed E-state index contributed by atoms with van der Waals surface area (Å²) in [5, 5.41) is 3.20. The molecule has 0 radical (unpaired) electrons. The zero-order chi connectivity index (χ0) is 9.64. The standard InChI is InChI=1S/C11H13NO/c1-7-4-5-9-8(6-7)10(13)11(2,3)12-9/h4-6,12H,1-3H3. The molecule has 0 bridgehead atoms. The van der Waals surface area contributed by atoms with E-state index in [4.69, 9.17) is 0 Å². The summed E-state index contributed by atoms with van der Waals surface area (Å²) in [5.41, 5.74) is 2.48. The molecule has 1 N–H and O–H groups in total. The molecule has 2 nitrogen and oxygen atoms in total. The highest BCUT2D eigenvalue weighted by Crippen LogP contribution is 2.32. The van der Waals surface area contributed by atoms with E-state index in [1.807, 2.05) is 39.0 Å². The number of carbonyl (C=O) groups excluding carboxylic acids is 1. The Bertz CT molecular complexity index is 380. The van der Waals surface area contributed by atoms with Crippen molar-refractivity contribution in [1.29, 1.82) is 0 Å². The molecule has 1 aromatic carbocycles. The quantitative estimate of drug-likeness (QED) is 0.656. The summed E-state index contributed by atoms with van der Waals surface area (Å²) in [6.45, 7) is 5.81. The molecule has 0 aromatic heterocycles. The Morgan fingerprint density at radius 2 is 2.00 bits per heavy atom. The molecule has 0 spiro atoms. The fraction of sp³-hybridized carbons (Fsp3) is 0.364. The van der Waals surface area contributed by atoms with Crippen molar-refractivity contribution < 1.29 is 4.79 Å². The lowest BCUT2D eigenvalue weighted by atomic mass is 9.98. The summed E-state index contributed by atoms with van der Waals surface area (Å²) in [6.07, 6.45) is 0. The van der Waals surface area contributed by atoms with Gasteiger partial charge in [0.2, 0.25) is 0 Å². The molecule has 0 atom stereocenters. The average molecular weight is 175 g/mol. The summed E-state index contributed by atoms with van der Waals surface area (Å²) < 4.78 is 0. The van der Waals surface area contributed by atoms with Gasteiger partial charge in [0.15, 0.2) is 5.78 Å². The van der Waals surface area contributed by atoms with Crippen molar-refractivity contribution in [2.24, 2.45) is 0 Å². The zero-order valence-electron chi connectivity index (χ0n) is 8.14. The van der Waals surface area contributed by atoms with E-state index in [-0.39, 0.29) is 5.78 Å². The van der Waals surface area contributed by atoms with Crippen molar-refractivity contribution in [3.63, 3.8) is 0 Å². The van der Waals surface area contributed by atoms with Crippen LogP contribution in [-0.4, -0.2) is 11.3 Å². The summed E-state index contributed by atoms with van der Waals surface area (Å²) in [5.74, 6) is 0.186. The fourth-order valence-corrected chi connectivity index (χ4v) is 1.69. The number of anilines is 1. The van der Waals surface area contributed by atoms with Gasteiger partial charge in [0, 0.05) is 11.3 Å². The van der Waals surface area contributed by atoms with Crippen LogP contribution in [0.4, 0.5) is 5.69 Å². The van der Waals surface area contributed by atoms with Crippen molar-refractivity contribution in [3.8, 4) is 0 Å². The van der Waals surface area contributed by atoms with E-state index in [0.29, 0.717) is 0 Å². The van der Waals surface area contributed by atoms with Gasteiger partial charge in [-0.2, -0.15) is 0 Å². The number of fused-ring (bicyclic) bond motifs is 1. The van der Waals surface area contributed by atoms with E-state index in [1.54, 1.807) is 0 Å². The number of hydrogen-bond donors (Lipinski definition) is 1. The average Bonchev–Trinajstić information content (AvgIpc) is 2.26. The van der Waals surface area contributed by atoms with Crippen LogP contribution in [0.3, 0.4) is 0 Å². The third kappa shape index (κ3) is 1.13. The Hall–Kier alpha value is -1.31. The maximum Gasteiger partial charge on any atom is 0.189 e. The van der Waals surface area contributed by atoms with Crippen LogP contribution in [0.5, 0.6) is 0 Å². The van der Waals surface area contributed by atoms with Crippen molar-refractivity contribution >= 4 is 11.5 Å². The van der Waals surface area contributed by atoms with Gasteiger partial charge in [-0.25, -0.2) is 0 Å². The van der Waals surface area contributed by atoms with Crippen LogP contribution < -0.4 is 5.32 Å². The van der Waals surface area contributed by atoms with Gasteiger partial charge >= 0.3 is 0 Å². The first-order chi connectivity index (χ1) is 6.00. The van der Waals surface area contributed by atoms with E-state index in [1.165, 1.54) is 0 Å². The summed E-state index contributed by atoms with van der Waals surface area (Å²) >= 11 is 0. The second-order valence-electron chi connectivity index (χ2n) is 4.13. The Kier molecular flexibility index (Phi) is 1.50. The molecule has 2 rings (SSSR count). The minimum absolute atomic E-state index is 0.186. The maximum absolute atomic E-state index is 11.8. The van der Waals surface area contributed by atoms with Gasteiger partial charge in [-0.1, -0.05) is 11.6 Å². The van der Waals surface area contributed by atoms with E-state index in [9.17, 15) is 4.79 Å². The number of benzene rings is 1. The molecule has 2 heteroatoms. The molecule has 0 unspecified atom stereocenters. The number of nitrogens with one attached hydrogen (secondary N) is 1. The lowest BCUT2D eigenvalue weighted by molar-refractivity contribution is 0.0939. The number of aryl methyl sites for hydroxylation is 1. The Labute approximate surface area is 78.0 Å². The highest BCUT2D eigenvalue weighted by molar-refractivity contribution is 6.12. The maximum atomic E-state index is 11.8. The van der Waals surface area contributed by atoms with Crippen LogP contribution in [-0.2, 0) is 0 Å². The molecule has 0 saturated heterocycles. The van der Waals surface area contributed by atoms with Crippen molar-refractivity contribution in [2.75, 3.05) is 5.32 Å². The number of Topliss-reactive ketones (excluding diaryl/α,β-unsaturated/α-hetero) is 1. The minimum Gasteiger partial charge on any atom is -0.372 e. The van der Waals surface area contributed by atoms with Crippen LogP contribution >= 0.6 is 0 Å². The van der Waals surface area contributed by atoms with Gasteiger partial charge in [-0.05, 0) is 32.9 Å². The molecule has 13 heavy (non-hydrogen) atoms. The molecule has 0 aliphatic carbocycles. The van der Waals surface area contributed by atoms with E-state index in [0.717, 1.165) is 16.8 Å². The summed E-state index contributed by atoms with van der Waals surface area (Å²) in [6, 6.07) is 5.93. The molecule has 0 amide bonds. The van der Waals surface area contributed by atoms with E-state index in [2.05, 4.69) is 5.32 Å². The first-order valence-electron chi connectivity index (χ1n) is 4.44. The van der Waals surface area contributed by atoms with Crippen LogP contribution in [0.2, 0.25) is 0 Å². The molecule has 1 aliphatic rings. The first kappa shape index (κ1) is 8.30. The third-order valence-corrected chi connectivity index (χ3v) is 2.43. The van der Waals surface area contributed by atoms with Crippen LogP contribution in [0.1, 0.15) is 29.8 Å². The minimum atomic E-state index is -0.434. The number of hydrogen-bond acceptors (Lipinski definition) is 2. The molecule has 0 saturated carbocycles. The number of carbonyl (C=O) groups is 1. The summed E-state index contributed by atoms with van der Waals surface area (Å²) in [4.78, 5) is 11.8. The van der Waals surface area contributed by atoms with Gasteiger partial charge in [0.1, 0.15) is 0 Å². The third-order valence-electron chi connectivity index (χ3n) is 2.43. The topological polar surface area (TPSA) is 29.1 Å². The van der Waals surface area contributed by atoms with Crippen LogP contribution in [0.15, 0.2) is 18.2 Å².